The summed E-state index contributed by atoms with van der Waals surface area (Å²) >= 11 is 0. The van der Waals surface area contributed by atoms with Gasteiger partial charge in [-0.3, -0.25) is 4.79 Å². The maximum Gasteiger partial charge on any atom is 0.416 e. The molecule has 0 saturated heterocycles. The van der Waals surface area contributed by atoms with Gasteiger partial charge in [0, 0.05) is 5.56 Å². The van der Waals surface area contributed by atoms with E-state index in [-0.39, 0.29) is 12.2 Å². The highest BCUT2D eigenvalue weighted by atomic mass is 19.4. The maximum atomic E-state index is 12.5. The number of halogens is 3. The summed E-state index contributed by atoms with van der Waals surface area (Å²) in [4.78, 5) is 23.1. The number of carbonyl (C=O) groups excluding carboxylic acids is 2. The van der Waals surface area contributed by atoms with E-state index >= 15 is 0 Å². The van der Waals surface area contributed by atoms with Gasteiger partial charge in [0.2, 0.25) is 0 Å². The molecular formula is C13H14F3NO3. The highest BCUT2D eigenvalue weighted by Crippen LogP contribution is 2.29. The average Bonchev–Trinajstić information content (AvgIpc) is 2.38. The number of hydrogen-bond acceptors (Lipinski definition) is 3. The first-order valence-electron chi connectivity index (χ1n) is 5.90. The van der Waals surface area contributed by atoms with Crippen molar-refractivity contribution in [1.29, 1.82) is 0 Å². The number of nitrogens with one attached hydrogen (secondary N) is 1. The van der Waals surface area contributed by atoms with Crippen molar-refractivity contribution in [1.82, 2.24) is 5.32 Å². The minimum absolute atomic E-state index is 0.155. The average molecular weight is 289 g/mol. The molecule has 20 heavy (non-hydrogen) atoms. The molecule has 0 spiro atoms. The summed E-state index contributed by atoms with van der Waals surface area (Å²) in [5.41, 5.74) is -1.09. The molecule has 0 radical (unpaired) electrons. The largest absolute Gasteiger partial charge is 0.464 e. The number of ether oxygens (including phenoxy) is 1. The minimum Gasteiger partial charge on any atom is -0.464 e. The molecule has 0 aliphatic carbocycles. The molecular weight excluding hydrogens is 275 g/mol. The van der Waals surface area contributed by atoms with Gasteiger partial charge in [0.1, 0.15) is 6.04 Å². The summed E-state index contributed by atoms with van der Waals surface area (Å²) in [7, 11) is 0. The van der Waals surface area contributed by atoms with E-state index in [0.717, 1.165) is 18.2 Å². The Morgan fingerprint density at radius 2 is 2.00 bits per heavy atom. The molecule has 1 rings (SSSR count). The fourth-order valence-electron chi connectivity index (χ4n) is 1.44. The molecule has 4 nitrogen and oxygen atoms in total. The summed E-state index contributed by atoms with van der Waals surface area (Å²) in [6.07, 6.45) is -4.52. The van der Waals surface area contributed by atoms with Crippen LogP contribution in [0.5, 0.6) is 0 Å². The number of alkyl halides is 3. The van der Waals surface area contributed by atoms with Gasteiger partial charge >= 0.3 is 12.1 Å². The Labute approximate surface area is 113 Å². The molecule has 1 amide bonds. The molecule has 0 saturated carbocycles. The van der Waals surface area contributed by atoms with Crippen LogP contribution in [0.15, 0.2) is 24.3 Å². The van der Waals surface area contributed by atoms with Crippen LogP contribution in [0.4, 0.5) is 13.2 Å². The first-order valence-corrected chi connectivity index (χ1v) is 5.90. The zero-order valence-corrected chi connectivity index (χ0v) is 11.0. The molecule has 0 heterocycles. The van der Waals surface area contributed by atoms with Gasteiger partial charge in [0.25, 0.3) is 5.91 Å². The lowest BCUT2D eigenvalue weighted by Crippen LogP contribution is -2.39. The van der Waals surface area contributed by atoms with Crippen molar-refractivity contribution >= 4 is 11.9 Å². The quantitative estimate of drug-likeness (QED) is 0.866. The van der Waals surface area contributed by atoms with Gasteiger partial charge in [-0.2, -0.15) is 13.2 Å². The van der Waals surface area contributed by atoms with Crippen LogP contribution in [0, 0.1) is 0 Å². The van der Waals surface area contributed by atoms with Crippen molar-refractivity contribution in [2.75, 3.05) is 6.61 Å². The van der Waals surface area contributed by atoms with Crippen LogP contribution in [0.2, 0.25) is 0 Å². The zero-order valence-electron chi connectivity index (χ0n) is 11.0. The Morgan fingerprint density at radius 1 is 1.35 bits per heavy atom. The lowest BCUT2D eigenvalue weighted by Gasteiger charge is -2.13. The van der Waals surface area contributed by atoms with Crippen LogP contribution in [-0.4, -0.2) is 24.5 Å². The van der Waals surface area contributed by atoms with E-state index in [0.29, 0.717) is 0 Å². The molecule has 1 aromatic rings. The number of esters is 1. The van der Waals surface area contributed by atoms with E-state index in [1.54, 1.807) is 6.92 Å². The van der Waals surface area contributed by atoms with E-state index in [1.165, 1.54) is 13.0 Å². The van der Waals surface area contributed by atoms with Gasteiger partial charge in [-0.15, -0.1) is 0 Å². The molecule has 0 aliphatic rings. The first kappa shape index (κ1) is 16.0. The molecule has 0 aliphatic heterocycles. The summed E-state index contributed by atoms with van der Waals surface area (Å²) < 4.78 is 42.2. The van der Waals surface area contributed by atoms with E-state index < -0.39 is 29.7 Å². The van der Waals surface area contributed by atoms with E-state index in [9.17, 15) is 22.8 Å². The Balaban J connectivity index is 2.80. The van der Waals surface area contributed by atoms with E-state index in [1.807, 2.05) is 0 Å². The van der Waals surface area contributed by atoms with Gasteiger partial charge in [-0.1, -0.05) is 6.07 Å². The molecule has 1 N–H and O–H groups in total. The Bertz CT molecular complexity index is 500. The van der Waals surface area contributed by atoms with Crippen molar-refractivity contribution in [2.24, 2.45) is 0 Å². The lowest BCUT2D eigenvalue weighted by molar-refractivity contribution is -0.145. The van der Waals surface area contributed by atoms with E-state index in [2.05, 4.69) is 10.1 Å². The maximum absolute atomic E-state index is 12.5. The molecule has 7 heteroatoms. The number of amides is 1. The number of benzene rings is 1. The minimum atomic E-state index is -4.52. The zero-order chi connectivity index (χ0) is 15.3. The van der Waals surface area contributed by atoms with Crippen LogP contribution >= 0.6 is 0 Å². The number of rotatable bonds is 4. The second-order valence-electron chi connectivity index (χ2n) is 4.03. The van der Waals surface area contributed by atoms with Crippen molar-refractivity contribution in [3.63, 3.8) is 0 Å². The normalized spacial score (nSPS) is 12.7. The van der Waals surface area contributed by atoms with Gasteiger partial charge in [0.05, 0.1) is 12.2 Å². The van der Waals surface area contributed by atoms with Crippen LogP contribution in [0.25, 0.3) is 0 Å². The first-order chi connectivity index (χ1) is 9.25. The smallest absolute Gasteiger partial charge is 0.416 e. The standard InChI is InChI=1S/C13H14F3NO3/c1-3-20-12(19)8(2)17-11(18)9-5-4-6-10(7-9)13(14,15)16/h4-8H,3H2,1-2H3,(H,17,18). The third-order valence-electron chi connectivity index (χ3n) is 2.44. The molecule has 0 aromatic heterocycles. The monoisotopic (exact) mass is 289 g/mol. The molecule has 1 aromatic carbocycles. The van der Waals surface area contributed by atoms with Gasteiger partial charge in [-0.05, 0) is 32.0 Å². The van der Waals surface area contributed by atoms with Crippen molar-refractivity contribution in [3.05, 3.63) is 35.4 Å². The second kappa shape index (κ2) is 6.40. The lowest BCUT2D eigenvalue weighted by atomic mass is 10.1. The predicted molar refractivity (Wildman–Crippen MR) is 65.0 cm³/mol. The summed E-state index contributed by atoms with van der Waals surface area (Å²) in [5.74, 6) is -1.41. The SMILES string of the molecule is CCOC(=O)C(C)NC(=O)c1cccc(C(F)(F)F)c1. The van der Waals surface area contributed by atoms with Gasteiger partial charge < -0.3 is 10.1 Å². The van der Waals surface area contributed by atoms with Crippen molar-refractivity contribution in [3.8, 4) is 0 Å². The highest BCUT2D eigenvalue weighted by Gasteiger charge is 2.31. The topological polar surface area (TPSA) is 55.4 Å². The Hall–Kier alpha value is -2.05. The molecule has 0 bridgehead atoms. The summed E-state index contributed by atoms with van der Waals surface area (Å²) in [6, 6.07) is 3.03. The van der Waals surface area contributed by atoms with Gasteiger partial charge in [-0.25, -0.2) is 4.79 Å². The van der Waals surface area contributed by atoms with Crippen LogP contribution in [-0.2, 0) is 15.7 Å². The Kier molecular flexibility index (Phi) is 5.12. The molecule has 110 valence electrons. The van der Waals surface area contributed by atoms with Crippen molar-refractivity contribution < 1.29 is 27.5 Å². The van der Waals surface area contributed by atoms with Crippen LogP contribution in [0.3, 0.4) is 0 Å². The number of hydrogen-bond donors (Lipinski definition) is 1. The molecule has 1 unspecified atom stereocenters. The highest BCUT2D eigenvalue weighted by molar-refractivity contribution is 5.96. The van der Waals surface area contributed by atoms with Crippen molar-refractivity contribution in [2.45, 2.75) is 26.1 Å². The second-order valence-corrected chi connectivity index (χ2v) is 4.03. The number of carbonyl (C=O) groups is 2. The van der Waals surface area contributed by atoms with Crippen LogP contribution in [0.1, 0.15) is 29.8 Å². The van der Waals surface area contributed by atoms with Crippen LogP contribution < -0.4 is 5.32 Å². The van der Waals surface area contributed by atoms with E-state index in [4.69, 9.17) is 0 Å². The third kappa shape index (κ3) is 4.25. The summed E-state index contributed by atoms with van der Waals surface area (Å²) in [6.45, 7) is 3.16. The fourth-order valence-corrected chi connectivity index (χ4v) is 1.44. The third-order valence-corrected chi connectivity index (χ3v) is 2.44. The summed E-state index contributed by atoms with van der Waals surface area (Å²) in [5, 5.41) is 2.28. The van der Waals surface area contributed by atoms with Gasteiger partial charge in [0.15, 0.2) is 0 Å². The predicted octanol–water partition coefficient (Wildman–Crippen LogP) is 2.39. The Morgan fingerprint density at radius 3 is 2.55 bits per heavy atom. The molecule has 1 atom stereocenters. The molecule has 0 fully saturated rings. The fraction of sp³-hybridized carbons (Fsp3) is 0.385.